The minimum Gasteiger partial charge on any atom is -0.319 e. The topological polar surface area (TPSA) is 40.6 Å². The maximum atomic E-state index is 13.8. The lowest BCUT2D eigenvalue weighted by molar-refractivity contribution is -0.120. The lowest BCUT2D eigenvalue weighted by atomic mass is 10.1. The molecule has 1 aromatic carbocycles. The molecule has 0 saturated carbocycles. The smallest absolute Gasteiger partial charge is 0.319 e. The van der Waals surface area contributed by atoms with E-state index in [4.69, 9.17) is 0 Å². The van der Waals surface area contributed by atoms with Gasteiger partial charge in [0, 0.05) is 30.5 Å². The molecule has 1 aromatic rings. The molecule has 2 aliphatic rings. The fraction of sp³-hybridized carbons (Fsp3) is 0.385. The number of hydrogen-bond donors (Lipinski definition) is 0. The Morgan fingerprint density at radius 1 is 1.25 bits per heavy atom. The predicted octanol–water partition coefficient (Wildman–Crippen LogP) is 2.24. The molecule has 2 heterocycles. The van der Waals surface area contributed by atoms with E-state index in [1.807, 2.05) is 0 Å². The zero-order chi connectivity index (χ0) is 14.3. The van der Waals surface area contributed by atoms with Gasteiger partial charge in [-0.15, -0.1) is 0 Å². The molecule has 3 amide bonds. The van der Waals surface area contributed by atoms with Gasteiger partial charge < -0.3 is 4.90 Å². The fourth-order valence-corrected chi connectivity index (χ4v) is 3.57. The number of halogens is 2. The average Bonchev–Trinajstić information content (AvgIpc) is 2.41. The van der Waals surface area contributed by atoms with E-state index in [9.17, 15) is 18.4 Å². The lowest BCUT2D eigenvalue weighted by Crippen LogP contribution is -2.60. The molecule has 4 nitrogen and oxygen atoms in total. The number of rotatable bonds is 1. The normalized spacial score (nSPS) is 23.0. The number of urea groups is 1. The minimum atomic E-state index is -0.906. The average molecular weight is 298 g/mol. The number of fused-ring (bicyclic) bond motifs is 1. The van der Waals surface area contributed by atoms with Crippen LogP contribution in [0.5, 0.6) is 0 Å². The fourth-order valence-electron chi connectivity index (χ4n) is 2.50. The van der Waals surface area contributed by atoms with E-state index >= 15 is 0 Å². The highest BCUT2D eigenvalue weighted by atomic mass is 32.2. The van der Waals surface area contributed by atoms with Crippen molar-refractivity contribution in [3.63, 3.8) is 0 Å². The van der Waals surface area contributed by atoms with Crippen LogP contribution in [0.25, 0.3) is 0 Å². The molecule has 106 valence electrons. The van der Waals surface area contributed by atoms with Crippen LogP contribution in [0.2, 0.25) is 0 Å². The molecule has 2 fully saturated rings. The van der Waals surface area contributed by atoms with Gasteiger partial charge in [0.1, 0.15) is 11.6 Å². The van der Waals surface area contributed by atoms with Gasteiger partial charge in [-0.25, -0.2) is 18.5 Å². The standard InChI is InChI=1S/C13H12F2N2O2S/c14-8-1-2-11(10(15)5-8)17-12(18)6-9-7-20-4-3-16(9)13(17)19/h1-2,5,9H,3-4,6-7H2. The number of anilines is 1. The predicted molar refractivity (Wildman–Crippen MR) is 71.7 cm³/mol. The van der Waals surface area contributed by atoms with Crippen molar-refractivity contribution in [2.75, 3.05) is 23.0 Å². The molecule has 0 N–H and O–H groups in total. The van der Waals surface area contributed by atoms with Gasteiger partial charge >= 0.3 is 6.03 Å². The SMILES string of the molecule is O=C1CC2CSCCN2C(=O)N1c1ccc(F)cc1F. The largest absolute Gasteiger partial charge is 0.331 e. The number of thioether (sulfide) groups is 1. The zero-order valence-electron chi connectivity index (χ0n) is 10.5. The van der Waals surface area contributed by atoms with Crippen LogP contribution >= 0.6 is 11.8 Å². The highest BCUT2D eigenvalue weighted by Crippen LogP contribution is 2.30. The third-order valence-electron chi connectivity index (χ3n) is 3.47. The van der Waals surface area contributed by atoms with Gasteiger partial charge in [0.25, 0.3) is 0 Å². The summed E-state index contributed by atoms with van der Waals surface area (Å²) in [5, 5.41) is 0. The quantitative estimate of drug-likeness (QED) is 0.798. The molecule has 0 spiro atoms. The molecule has 0 bridgehead atoms. The first kappa shape index (κ1) is 13.4. The number of nitrogens with zero attached hydrogens (tertiary/aromatic N) is 2. The Morgan fingerprint density at radius 3 is 2.80 bits per heavy atom. The van der Waals surface area contributed by atoms with Crippen LogP contribution in [-0.4, -0.2) is 40.9 Å². The summed E-state index contributed by atoms with van der Waals surface area (Å²) >= 11 is 1.70. The van der Waals surface area contributed by atoms with Crippen LogP contribution in [0.15, 0.2) is 18.2 Å². The van der Waals surface area contributed by atoms with E-state index in [0.717, 1.165) is 28.5 Å². The summed E-state index contributed by atoms with van der Waals surface area (Å²) in [6.07, 6.45) is 0.176. The van der Waals surface area contributed by atoms with Gasteiger partial charge in [-0.1, -0.05) is 0 Å². The summed E-state index contributed by atoms with van der Waals surface area (Å²) < 4.78 is 26.7. The van der Waals surface area contributed by atoms with Crippen LogP contribution in [0.4, 0.5) is 19.3 Å². The van der Waals surface area contributed by atoms with E-state index in [1.54, 1.807) is 16.7 Å². The van der Waals surface area contributed by atoms with Gasteiger partial charge in [0.2, 0.25) is 5.91 Å². The highest BCUT2D eigenvalue weighted by molar-refractivity contribution is 7.99. The van der Waals surface area contributed by atoms with Crippen LogP contribution in [0, 0.1) is 11.6 Å². The molecule has 3 rings (SSSR count). The number of hydrogen-bond acceptors (Lipinski definition) is 3. The van der Waals surface area contributed by atoms with Crippen LogP contribution in [0.1, 0.15) is 6.42 Å². The number of benzene rings is 1. The first-order valence-corrected chi connectivity index (χ1v) is 7.40. The van der Waals surface area contributed by atoms with Gasteiger partial charge in [-0.05, 0) is 12.1 Å². The van der Waals surface area contributed by atoms with E-state index < -0.39 is 23.6 Å². The molecule has 1 unspecified atom stereocenters. The Bertz CT molecular complexity index is 581. The molecule has 20 heavy (non-hydrogen) atoms. The Morgan fingerprint density at radius 2 is 2.05 bits per heavy atom. The van der Waals surface area contributed by atoms with Crippen LogP contribution in [0.3, 0.4) is 0 Å². The van der Waals surface area contributed by atoms with Crippen molar-refractivity contribution in [2.24, 2.45) is 0 Å². The summed E-state index contributed by atoms with van der Waals surface area (Å²) in [5.74, 6) is -0.566. The number of carbonyl (C=O) groups excluding carboxylic acids is 2. The molecule has 0 radical (unpaired) electrons. The van der Waals surface area contributed by atoms with E-state index in [1.165, 1.54) is 0 Å². The third kappa shape index (κ3) is 2.15. The molecule has 1 atom stereocenters. The summed E-state index contributed by atoms with van der Waals surface area (Å²) in [5.41, 5.74) is -0.182. The van der Waals surface area contributed by atoms with Gasteiger partial charge in [0.05, 0.1) is 11.7 Å². The van der Waals surface area contributed by atoms with E-state index in [-0.39, 0.29) is 18.2 Å². The Balaban J connectivity index is 1.96. The van der Waals surface area contributed by atoms with Gasteiger partial charge in [0.15, 0.2) is 0 Å². The van der Waals surface area contributed by atoms with Crippen LogP contribution < -0.4 is 4.90 Å². The molecular formula is C13H12F2N2O2S. The molecular weight excluding hydrogens is 286 g/mol. The molecule has 0 aromatic heterocycles. The Hall–Kier alpha value is -1.63. The highest BCUT2D eigenvalue weighted by Gasteiger charge is 2.41. The van der Waals surface area contributed by atoms with Gasteiger partial charge in [-0.3, -0.25) is 4.79 Å². The first-order chi connectivity index (χ1) is 9.58. The van der Waals surface area contributed by atoms with Crippen molar-refractivity contribution in [1.82, 2.24) is 4.90 Å². The van der Waals surface area contributed by atoms with E-state index in [2.05, 4.69) is 0 Å². The number of imide groups is 1. The van der Waals surface area contributed by atoms with Crippen LogP contribution in [-0.2, 0) is 4.79 Å². The monoisotopic (exact) mass is 298 g/mol. The summed E-state index contributed by atoms with van der Waals surface area (Å²) in [7, 11) is 0. The lowest BCUT2D eigenvalue weighted by Gasteiger charge is -2.42. The Labute approximate surface area is 118 Å². The van der Waals surface area contributed by atoms with Crippen molar-refractivity contribution in [3.05, 3.63) is 29.8 Å². The number of amides is 3. The second-order valence-corrected chi connectivity index (χ2v) is 5.88. The molecule has 7 heteroatoms. The summed E-state index contributed by atoms with van der Waals surface area (Å²) in [6.45, 7) is 0.542. The van der Waals surface area contributed by atoms with Crippen molar-refractivity contribution >= 4 is 29.4 Å². The number of carbonyl (C=O) groups is 2. The summed E-state index contributed by atoms with van der Waals surface area (Å²) in [4.78, 5) is 26.9. The van der Waals surface area contributed by atoms with Gasteiger partial charge in [-0.2, -0.15) is 11.8 Å². The van der Waals surface area contributed by atoms with E-state index in [0.29, 0.717) is 12.6 Å². The minimum absolute atomic E-state index is 0.117. The van der Waals surface area contributed by atoms with Crippen molar-refractivity contribution in [2.45, 2.75) is 12.5 Å². The van der Waals surface area contributed by atoms with Crippen molar-refractivity contribution < 1.29 is 18.4 Å². The zero-order valence-corrected chi connectivity index (χ0v) is 11.3. The Kier molecular flexibility index (Phi) is 3.37. The molecule has 2 aliphatic heterocycles. The maximum Gasteiger partial charge on any atom is 0.331 e. The van der Waals surface area contributed by atoms with Crippen molar-refractivity contribution in [1.29, 1.82) is 0 Å². The molecule has 2 saturated heterocycles. The third-order valence-corrected chi connectivity index (χ3v) is 4.57. The second-order valence-electron chi connectivity index (χ2n) is 4.73. The van der Waals surface area contributed by atoms with Crippen molar-refractivity contribution in [3.8, 4) is 0 Å². The second kappa shape index (κ2) is 5.05. The molecule has 0 aliphatic carbocycles. The maximum absolute atomic E-state index is 13.8. The first-order valence-electron chi connectivity index (χ1n) is 6.24. The summed E-state index contributed by atoms with van der Waals surface area (Å²) in [6, 6.07) is 2.20.